The van der Waals surface area contributed by atoms with Crippen LogP contribution in [0.5, 0.6) is 11.5 Å². The van der Waals surface area contributed by atoms with E-state index >= 15 is 0 Å². The van der Waals surface area contributed by atoms with Crippen LogP contribution in [-0.2, 0) is 25.2 Å². The molecule has 34 heavy (non-hydrogen) atoms. The summed E-state index contributed by atoms with van der Waals surface area (Å²) in [6.45, 7) is 7.70. The van der Waals surface area contributed by atoms with E-state index in [9.17, 15) is 4.79 Å². The molecule has 2 heterocycles. The van der Waals surface area contributed by atoms with E-state index in [-0.39, 0.29) is 11.1 Å². The maximum Gasteiger partial charge on any atom is 0.252 e. The van der Waals surface area contributed by atoms with Crippen molar-refractivity contribution in [3.05, 3.63) is 75.8 Å². The van der Waals surface area contributed by atoms with Gasteiger partial charge in [-0.1, -0.05) is 12.1 Å². The summed E-state index contributed by atoms with van der Waals surface area (Å²) in [6, 6.07) is 15.5. The summed E-state index contributed by atoms with van der Waals surface area (Å²) < 4.78 is 12.4. The molecule has 0 aliphatic carbocycles. The number of hydrogen-bond donors (Lipinski definition) is 1. The van der Waals surface area contributed by atoms with Crippen molar-refractivity contribution in [1.82, 2.24) is 30.1 Å². The van der Waals surface area contributed by atoms with Gasteiger partial charge >= 0.3 is 0 Å². The summed E-state index contributed by atoms with van der Waals surface area (Å²) in [7, 11) is 3.26. The molecule has 0 aliphatic rings. The maximum atomic E-state index is 12.9. The van der Waals surface area contributed by atoms with Crippen molar-refractivity contribution in [3.8, 4) is 11.5 Å². The molecule has 4 rings (SSSR count). The zero-order chi connectivity index (χ0) is 24.3. The summed E-state index contributed by atoms with van der Waals surface area (Å²) in [5, 5.41) is 13.3. The van der Waals surface area contributed by atoms with Gasteiger partial charge in [0.15, 0.2) is 5.82 Å². The first kappa shape index (κ1) is 23.4. The lowest BCUT2D eigenvalue weighted by atomic mass is 10.1. The molecular weight excluding hydrogens is 432 g/mol. The normalized spacial score (nSPS) is 11.8. The largest absolute Gasteiger partial charge is 0.497 e. The molecule has 2 aromatic carbocycles. The molecule has 0 saturated heterocycles. The Morgan fingerprint density at radius 3 is 2.32 bits per heavy atom. The van der Waals surface area contributed by atoms with Crippen LogP contribution in [0.1, 0.15) is 37.7 Å². The zero-order valence-electron chi connectivity index (χ0n) is 20.2. The number of H-pyrrole nitrogens is 1. The van der Waals surface area contributed by atoms with Crippen LogP contribution in [0.15, 0.2) is 53.3 Å². The minimum absolute atomic E-state index is 0.129. The lowest BCUT2D eigenvalue weighted by Gasteiger charge is -2.25. The Morgan fingerprint density at radius 1 is 0.941 bits per heavy atom. The van der Waals surface area contributed by atoms with E-state index in [2.05, 4.69) is 46.2 Å². The Balaban J connectivity index is 1.66. The van der Waals surface area contributed by atoms with E-state index < -0.39 is 0 Å². The number of aromatic amines is 1. The Hall–Kier alpha value is -3.72. The van der Waals surface area contributed by atoms with Gasteiger partial charge < -0.3 is 14.5 Å². The fourth-order valence-electron chi connectivity index (χ4n) is 3.89. The van der Waals surface area contributed by atoms with Crippen molar-refractivity contribution in [2.45, 2.75) is 45.9 Å². The first-order valence-electron chi connectivity index (χ1n) is 11.1. The van der Waals surface area contributed by atoms with Gasteiger partial charge in [0.2, 0.25) is 0 Å². The van der Waals surface area contributed by atoms with Crippen molar-refractivity contribution >= 4 is 10.9 Å². The summed E-state index contributed by atoms with van der Waals surface area (Å²) in [5.41, 5.74) is 2.12. The average molecular weight is 463 g/mol. The molecule has 0 spiro atoms. The van der Waals surface area contributed by atoms with Gasteiger partial charge in [0.1, 0.15) is 11.5 Å². The lowest BCUT2D eigenvalue weighted by Crippen LogP contribution is -2.31. The Morgan fingerprint density at radius 2 is 1.65 bits per heavy atom. The third kappa shape index (κ3) is 5.26. The number of fused-ring (bicyclic) bond motifs is 1. The van der Waals surface area contributed by atoms with Crippen LogP contribution in [0, 0.1) is 0 Å². The topological polar surface area (TPSA) is 98.2 Å². The number of aromatic nitrogens is 5. The average Bonchev–Trinajstić information content (AvgIpc) is 3.28. The second-order valence-corrected chi connectivity index (χ2v) is 9.25. The Bertz CT molecular complexity index is 1320. The van der Waals surface area contributed by atoms with Gasteiger partial charge in [-0.25, -0.2) is 4.68 Å². The highest BCUT2D eigenvalue weighted by Crippen LogP contribution is 2.21. The molecule has 0 radical (unpaired) electrons. The quantitative estimate of drug-likeness (QED) is 0.428. The Kier molecular flexibility index (Phi) is 6.65. The molecule has 9 nitrogen and oxygen atoms in total. The van der Waals surface area contributed by atoms with E-state index in [1.54, 1.807) is 14.2 Å². The van der Waals surface area contributed by atoms with Gasteiger partial charge in [-0.15, -0.1) is 5.10 Å². The number of rotatable bonds is 8. The van der Waals surface area contributed by atoms with E-state index in [1.807, 2.05) is 53.2 Å². The molecule has 178 valence electrons. The van der Waals surface area contributed by atoms with E-state index in [4.69, 9.17) is 9.47 Å². The lowest BCUT2D eigenvalue weighted by molar-refractivity contribution is 0.223. The highest BCUT2D eigenvalue weighted by Gasteiger charge is 2.22. The highest BCUT2D eigenvalue weighted by atomic mass is 16.5. The maximum absolute atomic E-state index is 12.9. The first-order valence-corrected chi connectivity index (χ1v) is 11.1. The van der Waals surface area contributed by atoms with Crippen molar-refractivity contribution in [3.63, 3.8) is 0 Å². The molecule has 0 unspecified atom stereocenters. The summed E-state index contributed by atoms with van der Waals surface area (Å²) in [5.74, 6) is 2.24. The van der Waals surface area contributed by atoms with Crippen LogP contribution in [0.25, 0.3) is 10.9 Å². The van der Waals surface area contributed by atoms with Crippen LogP contribution in [0.4, 0.5) is 0 Å². The van der Waals surface area contributed by atoms with Gasteiger partial charge in [0.05, 0.1) is 31.8 Å². The summed E-state index contributed by atoms with van der Waals surface area (Å²) in [6.07, 6.45) is 0. The number of methoxy groups -OCH3 is 2. The molecule has 0 bridgehead atoms. The predicted octanol–water partition coefficient (Wildman–Crippen LogP) is 3.49. The zero-order valence-corrected chi connectivity index (χ0v) is 20.2. The standard InChI is InChI=1S/C25H30N6O3/c1-25(2,3)31-23(27-28-29-31)16-30(14-17-6-9-20(33-4)10-7-17)15-19-12-18-8-11-21(34-5)13-22(18)26-24(19)32/h6-13H,14-16H2,1-5H3,(H,26,32). The first-order chi connectivity index (χ1) is 16.3. The van der Waals surface area contributed by atoms with Crippen LogP contribution in [0.2, 0.25) is 0 Å². The molecule has 0 saturated carbocycles. The van der Waals surface area contributed by atoms with Crippen LogP contribution in [0.3, 0.4) is 0 Å². The number of nitrogens with one attached hydrogen (secondary N) is 1. The number of hydrogen-bond acceptors (Lipinski definition) is 7. The minimum Gasteiger partial charge on any atom is -0.497 e. The third-order valence-corrected chi connectivity index (χ3v) is 5.62. The van der Waals surface area contributed by atoms with Crippen LogP contribution >= 0.6 is 0 Å². The highest BCUT2D eigenvalue weighted by molar-refractivity contribution is 5.80. The van der Waals surface area contributed by atoms with Gasteiger partial charge in [-0.3, -0.25) is 9.69 Å². The minimum atomic E-state index is -0.260. The smallest absolute Gasteiger partial charge is 0.252 e. The molecule has 4 aromatic rings. The fourth-order valence-corrected chi connectivity index (χ4v) is 3.89. The molecule has 0 amide bonds. The molecule has 0 fully saturated rings. The van der Waals surface area contributed by atoms with Crippen molar-refractivity contribution in [1.29, 1.82) is 0 Å². The third-order valence-electron chi connectivity index (χ3n) is 5.62. The number of ether oxygens (including phenoxy) is 2. The number of benzene rings is 2. The summed E-state index contributed by atoms with van der Waals surface area (Å²) >= 11 is 0. The SMILES string of the molecule is COc1ccc(CN(Cc2cc3ccc(OC)cc3[nH]c2=O)Cc2nnnn2C(C)(C)C)cc1. The molecular formula is C25H30N6O3. The van der Waals surface area contributed by atoms with E-state index in [0.29, 0.717) is 30.9 Å². The van der Waals surface area contributed by atoms with E-state index in [0.717, 1.165) is 28.0 Å². The van der Waals surface area contributed by atoms with Gasteiger partial charge in [0.25, 0.3) is 5.56 Å². The molecule has 9 heteroatoms. The van der Waals surface area contributed by atoms with Crippen LogP contribution < -0.4 is 15.0 Å². The summed E-state index contributed by atoms with van der Waals surface area (Å²) in [4.78, 5) is 18.1. The number of nitrogens with zero attached hydrogens (tertiary/aromatic N) is 5. The Labute approximate surface area is 198 Å². The van der Waals surface area contributed by atoms with Gasteiger partial charge in [-0.2, -0.15) is 0 Å². The van der Waals surface area contributed by atoms with Gasteiger partial charge in [-0.05, 0) is 72.5 Å². The fraction of sp³-hybridized carbons (Fsp3) is 0.360. The second-order valence-electron chi connectivity index (χ2n) is 9.25. The monoisotopic (exact) mass is 462 g/mol. The van der Waals surface area contributed by atoms with E-state index in [1.165, 1.54) is 0 Å². The van der Waals surface area contributed by atoms with Gasteiger partial charge in [0, 0.05) is 24.7 Å². The molecule has 0 aliphatic heterocycles. The molecule has 1 N–H and O–H groups in total. The second kappa shape index (κ2) is 9.64. The predicted molar refractivity (Wildman–Crippen MR) is 130 cm³/mol. The van der Waals surface area contributed by atoms with Crippen molar-refractivity contribution in [2.75, 3.05) is 14.2 Å². The molecule has 0 atom stereocenters. The van der Waals surface area contributed by atoms with Crippen LogP contribution in [-0.4, -0.2) is 44.3 Å². The molecule has 2 aromatic heterocycles. The van der Waals surface area contributed by atoms with Crippen molar-refractivity contribution < 1.29 is 9.47 Å². The van der Waals surface area contributed by atoms with Crippen molar-refractivity contribution in [2.24, 2.45) is 0 Å². The number of tetrazole rings is 1. The number of pyridine rings is 1.